The fourth-order valence-corrected chi connectivity index (χ4v) is 4.12. The number of amides is 1. The lowest BCUT2D eigenvalue weighted by Crippen LogP contribution is -2.18. The highest BCUT2D eigenvalue weighted by Crippen LogP contribution is 2.36. The molecule has 9 nitrogen and oxygen atoms in total. The Hall–Kier alpha value is -4.05. The van der Waals surface area contributed by atoms with Crippen LogP contribution in [0.15, 0.2) is 70.7 Å². The molecule has 0 fully saturated rings. The summed E-state index contributed by atoms with van der Waals surface area (Å²) in [6.07, 6.45) is 1.46. The Labute approximate surface area is 184 Å². The molecule has 3 aromatic carbocycles. The molecule has 1 heterocycles. The molecule has 10 heteroatoms. The van der Waals surface area contributed by atoms with E-state index in [2.05, 4.69) is 10.5 Å². The number of hydrogen-bond donors (Lipinski definition) is 2. The van der Waals surface area contributed by atoms with E-state index in [-0.39, 0.29) is 23.0 Å². The third kappa shape index (κ3) is 4.65. The largest absolute Gasteiger partial charge is 0.454 e. The summed E-state index contributed by atoms with van der Waals surface area (Å²) in [7, 11) is -4.17. The van der Waals surface area contributed by atoms with Crippen LogP contribution in [-0.2, 0) is 10.1 Å². The zero-order chi connectivity index (χ0) is 22.7. The number of hydrazone groups is 1. The number of ether oxygens (including phenoxy) is 2. The van der Waals surface area contributed by atoms with Gasteiger partial charge in [0.2, 0.25) is 6.79 Å². The van der Waals surface area contributed by atoms with Gasteiger partial charge in [0.05, 0.1) is 6.21 Å². The van der Waals surface area contributed by atoms with Gasteiger partial charge in [-0.15, -0.1) is 0 Å². The number of carbonyl (C=O) groups excluding carboxylic acids is 1. The highest BCUT2D eigenvalue weighted by atomic mass is 32.2. The maximum Gasteiger partial charge on any atom is 0.339 e. The minimum atomic E-state index is -4.17. The van der Waals surface area contributed by atoms with Crippen molar-refractivity contribution in [1.29, 1.82) is 0 Å². The summed E-state index contributed by atoms with van der Waals surface area (Å²) >= 11 is 0. The number of aryl methyl sites for hydroxylation is 1. The van der Waals surface area contributed by atoms with Gasteiger partial charge in [0.25, 0.3) is 5.91 Å². The SMILES string of the molecule is Cc1cc2c(cc1S(=O)(=O)Oc1cccc(C(=O)N/N=C/c3ccc(N)cc3)c1)OCO2. The number of benzene rings is 3. The second kappa shape index (κ2) is 8.60. The minimum Gasteiger partial charge on any atom is -0.454 e. The van der Waals surface area contributed by atoms with Crippen LogP contribution in [-0.4, -0.2) is 27.3 Å². The maximum absolute atomic E-state index is 12.8. The number of fused-ring (bicyclic) bond motifs is 1. The number of nitrogens with one attached hydrogen (secondary N) is 1. The molecule has 3 aromatic rings. The number of anilines is 1. The van der Waals surface area contributed by atoms with E-state index < -0.39 is 16.0 Å². The van der Waals surface area contributed by atoms with Crippen molar-refractivity contribution in [2.75, 3.05) is 12.5 Å². The van der Waals surface area contributed by atoms with Crippen LogP contribution >= 0.6 is 0 Å². The van der Waals surface area contributed by atoms with Gasteiger partial charge in [-0.3, -0.25) is 4.79 Å². The average molecular weight is 453 g/mol. The number of nitrogens with two attached hydrogens (primary N) is 1. The number of carbonyl (C=O) groups is 1. The first-order valence-electron chi connectivity index (χ1n) is 9.45. The van der Waals surface area contributed by atoms with Gasteiger partial charge >= 0.3 is 10.1 Å². The molecule has 32 heavy (non-hydrogen) atoms. The maximum atomic E-state index is 12.8. The van der Waals surface area contributed by atoms with E-state index in [0.717, 1.165) is 5.56 Å². The molecule has 1 aliphatic rings. The monoisotopic (exact) mass is 453 g/mol. The molecule has 0 aliphatic carbocycles. The van der Waals surface area contributed by atoms with E-state index in [9.17, 15) is 13.2 Å². The standard InChI is InChI=1S/C22H19N3O6S/c1-14-9-19-20(30-13-29-19)11-21(14)32(27,28)31-18-4-2-3-16(10-18)22(26)25-24-12-15-5-7-17(23)8-6-15/h2-12H,13,23H2,1H3,(H,25,26)/b24-12+. The molecule has 4 rings (SSSR count). The van der Waals surface area contributed by atoms with Crippen LogP contribution in [0.5, 0.6) is 17.2 Å². The lowest BCUT2D eigenvalue weighted by molar-refractivity contribution is 0.0955. The fourth-order valence-electron chi connectivity index (χ4n) is 2.97. The van der Waals surface area contributed by atoms with Crippen LogP contribution < -0.4 is 24.8 Å². The summed E-state index contributed by atoms with van der Waals surface area (Å²) in [6.45, 7) is 1.65. The quantitative estimate of drug-likeness (QED) is 0.254. The number of rotatable bonds is 6. The lowest BCUT2D eigenvalue weighted by atomic mass is 10.2. The summed E-state index contributed by atoms with van der Waals surface area (Å²) < 4.78 is 41.4. The average Bonchev–Trinajstić information content (AvgIpc) is 3.21. The highest BCUT2D eigenvalue weighted by molar-refractivity contribution is 7.87. The topological polar surface area (TPSA) is 129 Å². The Morgan fingerprint density at radius 2 is 1.81 bits per heavy atom. The van der Waals surface area contributed by atoms with E-state index in [1.165, 1.54) is 36.5 Å². The van der Waals surface area contributed by atoms with Gasteiger partial charge in [0.1, 0.15) is 10.6 Å². The normalized spacial score (nSPS) is 12.7. The number of nitrogens with zero attached hydrogens (tertiary/aromatic N) is 1. The molecule has 1 aliphatic heterocycles. The number of nitrogen functional groups attached to an aromatic ring is 1. The summed E-state index contributed by atoms with van der Waals surface area (Å²) in [5.74, 6) is 0.251. The molecule has 0 saturated heterocycles. The first-order valence-corrected chi connectivity index (χ1v) is 10.9. The van der Waals surface area contributed by atoms with Crippen LogP contribution in [0.3, 0.4) is 0 Å². The summed E-state index contributed by atoms with van der Waals surface area (Å²) in [4.78, 5) is 12.3. The highest BCUT2D eigenvalue weighted by Gasteiger charge is 2.25. The second-order valence-electron chi connectivity index (χ2n) is 6.90. The summed E-state index contributed by atoms with van der Waals surface area (Å²) in [6, 6.07) is 15.6. The van der Waals surface area contributed by atoms with E-state index in [4.69, 9.17) is 19.4 Å². The van der Waals surface area contributed by atoms with Gasteiger partial charge in [-0.05, 0) is 54.4 Å². The van der Waals surface area contributed by atoms with Crippen LogP contribution in [0.2, 0.25) is 0 Å². The molecule has 0 unspecified atom stereocenters. The van der Waals surface area contributed by atoms with Crippen LogP contribution in [0.4, 0.5) is 5.69 Å². The summed E-state index contributed by atoms with van der Waals surface area (Å²) in [5, 5.41) is 3.89. The van der Waals surface area contributed by atoms with Crippen molar-refractivity contribution in [2.24, 2.45) is 5.10 Å². The smallest absolute Gasteiger partial charge is 0.339 e. The molecule has 164 valence electrons. The predicted octanol–water partition coefficient (Wildman–Crippen LogP) is 2.84. The number of hydrogen-bond acceptors (Lipinski definition) is 8. The molecule has 0 spiro atoms. The molecule has 3 N–H and O–H groups in total. The first-order chi connectivity index (χ1) is 15.3. The van der Waals surface area contributed by atoms with Gasteiger partial charge in [0.15, 0.2) is 11.5 Å². The fraction of sp³-hybridized carbons (Fsp3) is 0.0909. The van der Waals surface area contributed by atoms with Crippen molar-refractivity contribution in [3.05, 3.63) is 77.4 Å². The summed E-state index contributed by atoms with van der Waals surface area (Å²) in [5.41, 5.74) is 10.0. The van der Waals surface area contributed by atoms with Crippen molar-refractivity contribution in [3.8, 4) is 17.2 Å². The third-order valence-corrected chi connectivity index (χ3v) is 5.95. The minimum absolute atomic E-state index is 0.0165. The Bertz CT molecular complexity index is 1300. The zero-order valence-electron chi connectivity index (χ0n) is 16.9. The Morgan fingerprint density at radius 3 is 2.56 bits per heavy atom. The van der Waals surface area contributed by atoms with Crippen molar-refractivity contribution in [2.45, 2.75) is 11.8 Å². The first kappa shape index (κ1) is 21.2. The molecule has 0 aromatic heterocycles. The molecule has 0 bridgehead atoms. The molecular formula is C22H19N3O6S. The van der Waals surface area contributed by atoms with Crippen molar-refractivity contribution >= 4 is 27.9 Å². The second-order valence-corrected chi connectivity index (χ2v) is 8.42. The predicted molar refractivity (Wildman–Crippen MR) is 117 cm³/mol. The van der Waals surface area contributed by atoms with E-state index in [1.807, 2.05) is 0 Å². The van der Waals surface area contributed by atoms with Crippen LogP contribution in [0, 0.1) is 6.92 Å². The van der Waals surface area contributed by atoms with Crippen LogP contribution in [0.25, 0.3) is 0 Å². The molecule has 1 amide bonds. The zero-order valence-corrected chi connectivity index (χ0v) is 17.8. The Balaban J connectivity index is 1.48. The van der Waals surface area contributed by atoms with E-state index >= 15 is 0 Å². The van der Waals surface area contributed by atoms with Gasteiger partial charge in [-0.2, -0.15) is 13.5 Å². The van der Waals surface area contributed by atoms with E-state index in [1.54, 1.807) is 37.3 Å². The Kier molecular flexibility index (Phi) is 5.69. The molecule has 0 saturated carbocycles. The third-order valence-electron chi connectivity index (χ3n) is 4.56. The van der Waals surface area contributed by atoms with Crippen LogP contribution in [0.1, 0.15) is 21.5 Å². The molecule has 0 atom stereocenters. The van der Waals surface area contributed by atoms with Gasteiger partial charge in [-0.25, -0.2) is 5.43 Å². The lowest BCUT2D eigenvalue weighted by Gasteiger charge is -2.11. The Morgan fingerprint density at radius 1 is 1.09 bits per heavy atom. The van der Waals surface area contributed by atoms with Crippen molar-refractivity contribution < 1.29 is 26.9 Å². The van der Waals surface area contributed by atoms with Crippen molar-refractivity contribution in [3.63, 3.8) is 0 Å². The van der Waals surface area contributed by atoms with Gasteiger partial charge in [0, 0.05) is 17.3 Å². The van der Waals surface area contributed by atoms with E-state index in [0.29, 0.717) is 22.7 Å². The molecule has 0 radical (unpaired) electrons. The van der Waals surface area contributed by atoms with Gasteiger partial charge < -0.3 is 19.4 Å². The van der Waals surface area contributed by atoms with Gasteiger partial charge in [-0.1, -0.05) is 18.2 Å². The van der Waals surface area contributed by atoms with Crippen molar-refractivity contribution in [1.82, 2.24) is 5.43 Å². The molecular weight excluding hydrogens is 434 g/mol.